The van der Waals surface area contributed by atoms with Gasteiger partial charge in [0.15, 0.2) is 0 Å². The van der Waals surface area contributed by atoms with E-state index in [0.717, 1.165) is 24.7 Å². The molecular weight excluding hydrogens is 296 g/mol. The highest BCUT2D eigenvalue weighted by molar-refractivity contribution is 5.72. The summed E-state index contributed by atoms with van der Waals surface area (Å²) in [5.41, 5.74) is 4.24. The lowest BCUT2D eigenvalue weighted by Crippen LogP contribution is -2.27. The quantitative estimate of drug-likeness (QED) is 0.678. The second kappa shape index (κ2) is 8.00. The zero-order valence-electron chi connectivity index (χ0n) is 15.1. The molecule has 2 nitrogen and oxygen atoms in total. The third kappa shape index (κ3) is 4.09. The molecule has 2 aliphatic carbocycles. The predicted molar refractivity (Wildman–Crippen MR) is 98.6 cm³/mol. The lowest BCUT2D eigenvalue weighted by molar-refractivity contribution is -0.149. The molecular formula is C22H30O2. The third-order valence-corrected chi connectivity index (χ3v) is 5.93. The van der Waals surface area contributed by atoms with Crippen molar-refractivity contribution in [3.05, 3.63) is 41.5 Å². The van der Waals surface area contributed by atoms with E-state index in [-0.39, 0.29) is 11.9 Å². The van der Waals surface area contributed by atoms with Crippen LogP contribution in [0.15, 0.2) is 30.3 Å². The fourth-order valence-electron chi connectivity index (χ4n) is 4.40. The first-order valence-electron chi connectivity index (χ1n) is 9.60. The van der Waals surface area contributed by atoms with E-state index < -0.39 is 0 Å². The van der Waals surface area contributed by atoms with E-state index in [4.69, 9.17) is 4.74 Å². The van der Waals surface area contributed by atoms with Gasteiger partial charge in [0, 0.05) is 0 Å². The molecule has 0 saturated heterocycles. The van der Waals surface area contributed by atoms with Crippen molar-refractivity contribution < 1.29 is 9.53 Å². The minimum atomic E-state index is 0.0288. The maximum absolute atomic E-state index is 11.9. The summed E-state index contributed by atoms with van der Waals surface area (Å²) in [6.07, 6.45) is 10.6. The van der Waals surface area contributed by atoms with Gasteiger partial charge in [0.25, 0.3) is 0 Å². The third-order valence-electron chi connectivity index (χ3n) is 5.93. The van der Waals surface area contributed by atoms with Gasteiger partial charge in [0.1, 0.15) is 0 Å². The SMILES string of the molecule is CCOC(=O)C1CCC(C2CC=C(c3ccc(C)cc3)CC2)CC1. The first kappa shape index (κ1) is 17.3. The lowest BCUT2D eigenvalue weighted by Gasteiger charge is -2.34. The molecule has 0 spiro atoms. The summed E-state index contributed by atoms with van der Waals surface area (Å²) in [5.74, 6) is 1.79. The minimum Gasteiger partial charge on any atom is -0.466 e. The standard InChI is InChI=1S/C22H30O2/c1-3-24-22(23)21-14-12-20(13-15-21)19-10-8-18(9-11-19)17-6-4-16(2)5-7-17/h4-8,19-21H,3,9-15H2,1-2H3. The van der Waals surface area contributed by atoms with Crippen LogP contribution >= 0.6 is 0 Å². The van der Waals surface area contributed by atoms with Gasteiger partial charge < -0.3 is 4.74 Å². The van der Waals surface area contributed by atoms with Crippen molar-refractivity contribution in [1.82, 2.24) is 0 Å². The number of ether oxygens (including phenoxy) is 1. The van der Waals surface area contributed by atoms with Crippen LogP contribution in [0.2, 0.25) is 0 Å². The molecule has 3 rings (SSSR count). The second-order valence-electron chi connectivity index (χ2n) is 7.49. The number of esters is 1. The highest BCUT2D eigenvalue weighted by Crippen LogP contribution is 2.41. The van der Waals surface area contributed by atoms with Crippen LogP contribution in [0.4, 0.5) is 0 Å². The molecule has 0 aromatic heterocycles. The van der Waals surface area contributed by atoms with Gasteiger partial charge in [-0.1, -0.05) is 35.9 Å². The Labute approximate surface area is 146 Å². The van der Waals surface area contributed by atoms with Crippen molar-refractivity contribution >= 4 is 11.5 Å². The van der Waals surface area contributed by atoms with Crippen LogP contribution in [-0.4, -0.2) is 12.6 Å². The van der Waals surface area contributed by atoms with Gasteiger partial charge in [-0.15, -0.1) is 0 Å². The summed E-state index contributed by atoms with van der Waals surface area (Å²) in [4.78, 5) is 11.9. The summed E-state index contributed by atoms with van der Waals surface area (Å²) in [6.45, 7) is 4.54. The molecule has 0 heterocycles. The van der Waals surface area contributed by atoms with E-state index in [1.54, 1.807) is 0 Å². The smallest absolute Gasteiger partial charge is 0.308 e. The largest absolute Gasteiger partial charge is 0.466 e. The predicted octanol–water partition coefficient (Wildman–Crippen LogP) is 5.55. The molecule has 24 heavy (non-hydrogen) atoms. The van der Waals surface area contributed by atoms with Gasteiger partial charge in [-0.05, 0) is 81.8 Å². The molecule has 2 heteroatoms. The molecule has 0 amide bonds. The van der Waals surface area contributed by atoms with Crippen molar-refractivity contribution in [3.63, 3.8) is 0 Å². The molecule has 1 fully saturated rings. The maximum Gasteiger partial charge on any atom is 0.308 e. The molecule has 1 atom stereocenters. The number of benzene rings is 1. The Hall–Kier alpha value is -1.57. The average Bonchev–Trinajstić information content (AvgIpc) is 2.63. The highest BCUT2D eigenvalue weighted by Gasteiger charge is 2.31. The molecule has 0 bridgehead atoms. The summed E-state index contributed by atoms with van der Waals surface area (Å²) < 4.78 is 5.19. The monoisotopic (exact) mass is 326 g/mol. The number of rotatable bonds is 4. The van der Waals surface area contributed by atoms with E-state index in [1.165, 1.54) is 48.8 Å². The van der Waals surface area contributed by atoms with E-state index in [1.807, 2.05) is 6.92 Å². The second-order valence-corrected chi connectivity index (χ2v) is 7.49. The summed E-state index contributed by atoms with van der Waals surface area (Å²) in [7, 11) is 0. The Kier molecular flexibility index (Phi) is 5.76. The first-order valence-corrected chi connectivity index (χ1v) is 9.60. The van der Waals surface area contributed by atoms with Crippen molar-refractivity contribution in [2.75, 3.05) is 6.61 Å². The highest BCUT2D eigenvalue weighted by atomic mass is 16.5. The Bertz CT molecular complexity index is 576. The van der Waals surface area contributed by atoms with Gasteiger partial charge in [0.2, 0.25) is 0 Å². The van der Waals surface area contributed by atoms with Crippen LogP contribution < -0.4 is 0 Å². The molecule has 1 unspecified atom stereocenters. The number of carbonyl (C=O) groups excluding carboxylic acids is 1. The number of aryl methyl sites for hydroxylation is 1. The molecule has 0 N–H and O–H groups in total. The molecule has 0 aliphatic heterocycles. The van der Waals surface area contributed by atoms with Gasteiger partial charge in [-0.25, -0.2) is 0 Å². The molecule has 1 aromatic rings. The van der Waals surface area contributed by atoms with Gasteiger partial charge in [0.05, 0.1) is 12.5 Å². The van der Waals surface area contributed by atoms with Crippen LogP contribution in [0, 0.1) is 24.7 Å². The zero-order valence-corrected chi connectivity index (χ0v) is 15.1. The fourth-order valence-corrected chi connectivity index (χ4v) is 4.40. The van der Waals surface area contributed by atoms with E-state index in [0.29, 0.717) is 6.61 Å². The Morgan fingerprint density at radius 1 is 1.04 bits per heavy atom. The van der Waals surface area contributed by atoms with Crippen LogP contribution in [0.25, 0.3) is 5.57 Å². The Morgan fingerprint density at radius 2 is 1.75 bits per heavy atom. The first-order chi connectivity index (χ1) is 11.7. The van der Waals surface area contributed by atoms with Crippen LogP contribution in [-0.2, 0) is 9.53 Å². The average molecular weight is 326 g/mol. The van der Waals surface area contributed by atoms with E-state index >= 15 is 0 Å². The summed E-state index contributed by atoms with van der Waals surface area (Å²) in [6, 6.07) is 8.93. The van der Waals surface area contributed by atoms with Crippen molar-refractivity contribution in [2.24, 2.45) is 17.8 Å². The lowest BCUT2D eigenvalue weighted by atomic mass is 9.71. The van der Waals surface area contributed by atoms with Gasteiger partial charge >= 0.3 is 5.97 Å². The topological polar surface area (TPSA) is 26.3 Å². The maximum atomic E-state index is 11.9. The molecule has 2 aliphatic rings. The van der Waals surface area contributed by atoms with Crippen molar-refractivity contribution in [1.29, 1.82) is 0 Å². The van der Waals surface area contributed by atoms with Crippen LogP contribution in [0.1, 0.15) is 63.0 Å². The van der Waals surface area contributed by atoms with Crippen LogP contribution in [0.3, 0.4) is 0 Å². The van der Waals surface area contributed by atoms with Crippen LogP contribution in [0.5, 0.6) is 0 Å². The molecule has 0 radical (unpaired) electrons. The van der Waals surface area contributed by atoms with Crippen molar-refractivity contribution in [3.8, 4) is 0 Å². The molecule has 130 valence electrons. The number of carbonyl (C=O) groups is 1. The van der Waals surface area contributed by atoms with Crippen molar-refractivity contribution in [2.45, 2.75) is 58.8 Å². The summed E-state index contributed by atoms with van der Waals surface area (Å²) >= 11 is 0. The van der Waals surface area contributed by atoms with E-state index in [2.05, 4.69) is 37.3 Å². The fraction of sp³-hybridized carbons (Fsp3) is 0.591. The number of hydrogen-bond donors (Lipinski definition) is 0. The van der Waals surface area contributed by atoms with Gasteiger partial charge in [-0.2, -0.15) is 0 Å². The Balaban J connectivity index is 1.52. The van der Waals surface area contributed by atoms with Gasteiger partial charge in [-0.3, -0.25) is 4.79 Å². The van der Waals surface area contributed by atoms with E-state index in [9.17, 15) is 4.79 Å². The normalized spacial score (nSPS) is 27.4. The number of allylic oxidation sites excluding steroid dienone is 2. The Morgan fingerprint density at radius 3 is 2.33 bits per heavy atom. The molecule has 1 saturated carbocycles. The molecule has 1 aromatic carbocycles. The minimum absolute atomic E-state index is 0.0288. The number of hydrogen-bond acceptors (Lipinski definition) is 2. The summed E-state index contributed by atoms with van der Waals surface area (Å²) in [5, 5.41) is 0. The zero-order chi connectivity index (χ0) is 16.9.